The van der Waals surface area contributed by atoms with E-state index >= 15 is 0 Å². The monoisotopic (exact) mass is 614 g/mol. The van der Waals surface area contributed by atoms with Crippen molar-refractivity contribution in [3.63, 3.8) is 0 Å². The van der Waals surface area contributed by atoms with E-state index in [0.717, 1.165) is 22.5 Å². The number of anilines is 1. The van der Waals surface area contributed by atoms with E-state index in [0.29, 0.717) is 40.6 Å². The second-order valence-electron chi connectivity index (χ2n) is 9.30. The molecule has 0 bridgehead atoms. The number of methoxy groups -OCH3 is 1. The molecule has 0 spiro atoms. The van der Waals surface area contributed by atoms with Gasteiger partial charge < -0.3 is 14.4 Å². The van der Waals surface area contributed by atoms with E-state index in [4.69, 9.17) is 21.1 Å². The van der Waals surface area contributed by atoms with Gasteiger partial charge in [0.2, 0.25) is 0 Å². The standard InChI is InChI=1S/C31H29ClF2N2O5S/c1-35(31(37)26-9-4-6-11-30(26)40-2)18-7-19-41-29-10-5-3-8-22(29)21-36(28-20-24(33)14-17-27(28)34)42(38,39)25-15-12-23(32)13-16-25/h3-6,8-17,20H,7,18-19,21H2,1-2H3. The molecule has 1 amide bonds. The van der Waals surface area contributed by atoms with Gasteiger partial charge in [-0.2, -0.15) is 0 Å². The summed E-state index contributed by atoms with van der Waals surface area (Å²) in [5, 5.41) is 0.325. The number of hydrogen-bond acceptors (Lipinski definition) is 5. The molecule has 11 heteroatoms. The third-order valence-electron chi connectivity index (χ3n) is 6.44. The molecule has 0 fully saturated rings. The van der Waals surface area contributed by atoms with Crippen molar-refractivity contribution in [3.8, 4) is 11.5 Å². The Morgan fingerprint density at radius 3 is 2.29 bits per heavy atom. The smallest absolute Gasteiger partial charge is 0.264 e. The highest BCUT2D eigenvalue weighted by Crippen LogP contribution is 2.32. The minimum Gasteiger partial charge on any atom is -0.496 e. The highest BCUT2D eigenvalue weighted by Gasteiger charge is 2.29. The molecule has 7 nitrogen and oxygen atoms in total. The summed E-state index contributed by atoms with van der Waals surface area (Å²) in [6.07, 6.45) is 0.469. The van der Waals surface area contributed by atoms with Crippen LogP contribution >= 0.6 is 11.6 Å². The van der Waals surface area contributed by atoms with Gasteiger partial charge in [-0.25, -0.2) is 17.2 Å². The molecular formula is C31H29ClF2N2O5S. The summed E-state index contributed by atoms with van der Waals surface area (Å²) in [6.45, 7) is 0.247. The number of rotatable bonds is 12. The van der Waals surface area contributed by atoms with E-state index in [9.17, 15) is 22.0 Å². The third kappa shape index (κ3) is 7.18. The summed E-state index contributed by atoms with van der Waals surface area (Å²) in [5.41, 5.74) is 0.425. The van der Waals surface area contributed by atoms with Crippen LogP contribution in [0, 0.1) is 11.6 Å². The lowest BCUT2D eigenvalue weighted by Gasteiger charge is -2.26. The van der Waals surface area contributed by atoms with Crippen LogP contribution in [0.1, 0.15) is 22.3 Å². The maximum atomic E-state index is 14.9. The lowest BCUT2D eigenvalue weighted by molar-refractivity contribution is 0.0784. The topological polar surface area (TPSA) is 76.2 Å². The first-order valence-electron chi connectivity index (χ1n) is 12.9. The van der Waals surface area contributed by atoms with E-state index in [2.05, 4.69) is 0 Å². The summed E-state index contributed by atoms with van der Waals surface area (Å²) in [5.74, 6) is -1.06. The number of carbonyl (C=O) groups is 1. The largest absolute Gasteiger partial charge is 0.496 e. The lowest BCUT2D eigenvalue weighted by atomic mass is 10.1. The van der Waals surface area contributed by atoms with Crippen LogP contribution in [-0.4, -0.2) is 46.5 Å². The maximum absolute atomic E-state index is 14.9. The number of nitrogens with zero attached hydrogens (tertiary/aromatic N) is 2. The zero-order valence-electron chi connectivity index (χ0n) is 23.0. The Bertz CT molecular complexity index is 1650. The number of ether oxygens (including phenoxy) is 2. The zero-order valence-corrected chi connectivity index (χ0v) is 24.5. The Balaban J connectivity index is 1.52. The molecule has 0 heterocycles. The fraction of sp³-hybridized carbons (Fsp3) is 0.194. The van der Waals surface area contributed by atoms with Gasteiger partial charge in [0.1, 0.15) is 23.1 Å². The van der Waals surface area contributed by atoms with Crippen LogP contribution in [0.25, 0.3) is 0 Å². The van der Waals surface area contributed by atoms with Crippen molar-refractivity contribution in [2.24, 2.45) is 0 Å². The lowest BCUT2D eigenvalue weighted by Crippen LogP contribution is -2.31. The number of benzene rings is 4. The van der Waals surface area contributed by atoms with Gasteiger partial charge in [-0.15, -0.1) is 0 Å². The average molecular weight is 615 g/mol. The molecule has 4 rings (SSSR count). The second-order valence-corrected chi connectivity index (χ2v) is 11.6. The average Bonchev–Trinajstić information content (AvgIpc) is 2.99. The zero-order chi connectivity index (χ0) is 30.3. The quantitative estimate of drug-likeness (QED) is 0.169. The van der Waals surface area contributed by atoms with Gasteiger partial charge in [0.25, 0.3) is 15.9 Å². The highest BCUT2D eigenvalue weighted by atomic mass is 35.5. The van der Waals surface area contributed by atoms with Crippen LogP contribution in [0.2, 0.25) is 5.02 Å². The van der Waals surface area contributed by atoms with Crippen LogP contribution in [0.5, 0.6) is 11.5 Å². The van der Waals surface area contributed by atoms with E-state index in [1.54, 1.807) is 60.5 Å². The molecule has 0 radical (unpaired) electrons. The normalized spacial score (nSPS) is 11.2. The number of sulfonamides is 1. The molecule has 220 valence electrons. The van der Waals surface area contributed by atoms with Crippen molar-refractivity contribution >= 4 is 33.2 Å². The van der Waals surface area contributed by atoms with E-state index in [1.165, 1.54) is 31.4 Å². The highest BCUT2D eigenvalue weighted by molar-refractivity contribution is 7.92. The Labute approximate surface area is 248 Å². The number of amides is 1. The molecule has 0 N–H and O–H groups in total. The Kier molecular flexibility index (Phi) is 10.0. The van der Waals surface area contributed by atoms with Crippen LogP contribution < -0.4 is 13.8 Å². The number of carbonyl (C=O) groups excluding carboxylic acids is 1. The second kappa shape index (κ2) is 13.7. The van der Waals surface area contributed by atoms with Crippen LogP contribution in [0.15, 0.2) is 95.9 Å². The van der Waals surface area contributed by atoms with Crippen molar-refractivity contribution < 1.29 is 31.5 Å². The maximum Gasteiger partial charge on any atom is 0.264 e. The molecule has 4 aromatic carbocycles. The van der Waals surface area contributed by atoms with Crippen molar-refractivity contribution in [2.45, 2.75) is 17.9 Å². The fourth-order valence-corrected chi connectivity index (χ4v) is 5.82. The van der Waals surface area contributed by atoms with Gasteiger partial charge in [-0.05, 0) is 61.0 Å². The van der Waals surface area contributed by atoms with Gasteiger partial charge in [0.05, 0.1) is 36.4 Å². The molecule has 0 saturated heterocycles. The summed E-state index contributed by atoms with van der Waals surface area (Å²) in [7, 11) is -1.17. The predicted octanol–water partition coefficient (Wildman–Crippen LogP) is 6.56. The van der Waals surface area contributed by atoms with E-state index in [1.807, 2.05) is 0 Å². The van der Waals surface area contributed by atoms with Gasteiger partial charge in [-0.3, -0.25) is 9.10 Å². The molecule has 42 heavy (non-hydrogen) atoms. The Hall–Kier alpha value is -4.15. The van der Waals surface area contributed by atoms with Crippen molar-refractivity contribution in [2.75, 3.05) is 31.6 Å². The first-order valence-corrected chi connectivity index (χ1v) is 14.8. The molecule has 0 aliphatic heterocycles. The van der Waals surface area contributed by atoms with Gasteiger partial charge in [-0.1, -0.05) is 41.9 Å². The summed E-state index contributed by atoms with van der Waals surface area (Å²) in [4.78, 5) is 14.3. The van der Waals surface area contributed by atoms with Crippen molar-refractivity contribution in [3.05, 3.63) is 119 Å². The third-order valence-corrected chi connectivity index (χ3v) is 8.47. The molecular weight excluding hydrogens is 586 g/mol. The molecule has 0 saturated carbocycles. The van der Waals surface area contributed by atoms with Crippen LogP contribution in [-0.2, 0) is 16.6 Å². The molecule has 4 aromatic rings. The van der Waals surface area contributed by atoms with Crippen molar-refractivity contribution in [1.82, 2.24) is 4.90 Å². The number of hydrogen-bond donors (Lipinski definition) is 0. The summed E-state index contributed by atoms with van der Waals surface area (Å²) >= 11 is 5.94. The minimum absolute atomic E-state index is 0.142. The minimum atomic E-state index is -4.35. The summed E-state index contributed by atoms with van der Waals surface area (Å²) < 4.78 is 68.5. The number of halogens is 3. The first kappa shape index (κ1) is 30.8. The Morgan fingerprint density at radius 2 is 1.57 bits per heavy atom. The molecule has 0 unspecified atom stereocenters. The SMILES string of the molecule is COc1ccccc1C(=O)N(C)CCCOc1ccccc1CN(c1cc(F)ccc1F)S(=O)(=O)c1ccc(Cl)cc1. The molecule has 0 aromatic heterocycles. The first-order chi connectivity index (χ1) is 20.1. The van der Waals surface area contributed by atoms with Gasteiger partial charge >= 0.3 is 0 Å². The van der Waals surface area contributed by atoms with Gasteiger partial charge in [0.15, 0.2) is 0 Å². The molecule has 0 atom stereocenters. The van der Waals surface area contributed by atoms with Crippen LogP contribution in [0.4, 0.5) is 14.5 Å². The van der Waals surface area contributed by atoms with Gasteiger partial charge in [0, 0.05) is 30.2 Å². The fourth-order valence-electron chi connectivity index (χ4n) is 4.25. The van der Waals surface area contributed by atoms with E-state index < -0.39 is 27.3 Å². The summed E-state index contributed by atoms with van der Waals surface area (Å²) in [6, 6.07) is 21.7. The van der Waals surface area contributed by atoms with E-state index in [-0.39, 0.29) is 24.0 Å². The molecule has 0 aliphatic carbocycles. The number of para-hydroxylation sites is 2. The van der Waals surface area contributed by atoms with Crippen molar-refractivity contribution in [1.29, 1.82) is 0 Å². The predicted molar refractivity (Wildman–Crippen MR) is 158 cm³/mol. The Morgan fingerprint density at radius 1 is 0.905 bits per heavy atom. The van der Waals surface area contributed by atoms with Crippen LogP contribution in [0.3, 0.4) is 0 Å². The molecule has 0 aliphatic rings.